The quantitative estimate of drug-likeness (QED) is 0.803. The Morgan fingerprint density at radius 1 is 1.20 bits per heavy atom. The molecule has 7 heteroatoms. The van der Waals surface area contributed by atoms with Gasteiger partial charge >= 0.3 is 6.61 Å². The third-order valence-corrected chi connectivity index (χ3v) is 3.54. The lowest BCUT2D eigenvalue weighted by molar-refractivity contribution is -0.0512. The molecule has 2 N–H and O–H groups in total. The molecule has 2 aromatic rings. The van der Waals surface area contributed by atoms with Crippen LogP contribution in [0.25, 0.3) is 0 Å². The van der Waals surface area contributed by atoms with Crippen LogP contribution in [0.15, 0.2) is 36.4 Å². The van der Waals surface area contributed by atoms with E-state index in [1.165, 1.54) is 25.3 Å². The van der Waals surface area contributed by atoms with Gasteiger partial charge in [-0.15, -0.1) is 0 Å². The van der Waals surface area contributed by atoms with E-state index < -0.39 is 12.5 Å². The lowest BCUT2D eigenvalue weighted by Gasteiger charge is -2.12. The fourth-order valence-corrected chi connectivity index (χ4v) is 2.31. The van der Waals surface area contributed by atoms with E-state index >= 15 is 0 Å². The number of halogens is 2. The molecule has 0 spiro atoms. The molecule has 0 saturated carbocycles. The molecule has 0 aliphatic rings. The minimum absolute atomic E-state index is 0.0579. The van der Waals surface area contributed by atoms with Gasteiger partial charge in [0.25, 0.3) is 5.91 Å². The van der Waals surface area contributed by atoms with Crippen LogP contribution in [-0.2, 0) is 6.42 Å². The minimum atomic E-state index is -2.95. The Balaban J connectivity index is 1.98. The van der Waals surface area contributed by atoms with E-state index in [4.69, 9.17) is 4.74 Å². The summed E-state index contributed by atoms with van der Waals surface area (Å²) in [7, 11) is 1.36. The molecule has 0 aromatic heterocycles. The summed E-state index contributed by atoms with van der Waals surface area (Å²) in [6.45, 7) is -0.870. The second kappa shape index (κ2) is 8.32. The van der Waals surface area contributed by atoms with Crippen molar-refractivity contribution in [2.75, 3.05) is 13.7 Å². The Morgan fingerprint density at radius 2 is 1.96 bits per heavy atom. The average molecular weight is 351 g/mol. The highest BCUT2D eigenvalue weighted by atomic mass is 19.3. The molecule has 2 aromatic carbocycles. The topological polar surface area (TPSA) is 67.8 Å². The lowest BCUT2D eigenvalue weighted by Crippen LogP contribution is -2.25. The minimum Gasteiger partial charge on any atom is -0.507 e. The van der Waals surface area contributed by atoms with Crippen molar-refractivity contribution in [1.82, 2.24) is 5.32 Å². The summed E-state index contributed by atoms with van der Waals surface area (Å²) in [6, 6.07) is 9.45. The van der Waals surface area contributed by atoms with E-state index in [0.29, 0.717) is 12.0 Å². The van der Waals surface area contributed by atoms with E-state index in [1.54, 1.807) is 18.2 Å². The highest BCUT2D eigenvalue weighted by Crippen LogP contribution is 2.29. The van der Waals surface area contributed by atoms with Gasteiger partial charge in [0.15, 0.2) is 11.5 Å². The summed E-state index contributed by atoms with van der Waals surface area (Å²) in [5.74, 6) is -0.347. The number of phenolic OH excluding ortho intramolecular Hbond substituents is 1. The Kier molecular flexibility index (Phi) is 6.16. The number of rotatable bonds is 7. The average Bonchev–Trinajstić information content (AvgIpc) is 2.54. The summed E-state index contributed by atoms with van der Waals surface area (Å²) in [6.07, 6.45) is 0.405. The molecule has 0 saturated heterocycles. The number of carbonyl (C=O) groups is 1. The number of methoxy groups -OCH3 is 1. The Hall–Kier alpha value is -2.83. The summed E-state index contributed by atoms with van der Waals surface area (Å²) in [5, 5.41) is 12.5. The normalized spacial score (nSPS) is 10.6. The van der Waals surface area contributed by atoms with Gasteiger partial charge in [0.1, 0.15) is 5.75 Å². The van der Waals surface area contributed by atoms with Gasteiger partial charge in [-0.05, 0) is 48.7 Å². The van der Waals surface area contributed by atoms with Gasteiger partial charge in [-0.25, -0.2) is 0 Å². The van der Waals surface area contributed by atoms with Crippen LogP contribution < -0.4 is 14.8 Å². The third-order valence-electron chi connectivity index (χ3n) is 3.54. The lowest BCUT2D eigenvalue weighted by atomic mass is 10.1. The first kappa shape index (κ1) is 18.5. The molecule has 0 radical (unpaired) electrons. The highest BCUT2D eigenvalue weighted by Gasteiger charge is 2.13. The summed E-state index contributed by atoms with van der Waals surface area (Å²) >= 11 is 0. The molecule has 25 heavy (non-hydrogen) atoms. The molecular weight excluding hydrogens is 332 g/mol. The third kappa shape index (κ3) is 5.07. The molecule has 0 unspecified atom stereocenters. The van der Waals surface area contributed by atoms with Gasteiger partial charge in [-0.1, -0.05) is 12.1 Å². The molecule has 0 atom stereocenters. The van der Waals surface area contributed by atoms with Crippen molar-refractivity contribution in [3.8, 4) is 17.2 Å². The van der Waals surface area contributed by atoms with Gasteiger partial charge in [0, 0.05) is 6.54 Å². The van der Waals surface area contributed by atoms with Crippen molar-refractivity contribution in [2.45, 2.75) is 20.0 Å². The Labute approximate surface area is 144 Å². The molecule has 5 nitrogen and oxygen atoms in total. The van der Waals surface area contributed by atoms with Gasteiger partial charge in [0.2, 0.25) is 0 Å². The zero-order valence-corrected chi connectivity index (χ0v) is 13.9. The maximum atomic E-state index is 12.4. The van der Waals surface area contributed by atoms with Gasteiger partial charge in [-0.2, -0.15) is 8.78 Å². The number of ether oxygens (including phenoxy) is 2. The fourth-order valence-electron chi connectivity index (χ4n) is 2.31. The van der Waals surface area contributed by atoms with E-state index in [0.717, 1.165) is 5.56 Å². The molecule has 0 fully saturated rings. The van der Waals surface area contributed by atoms with Crippen molar-refractivity contribution >= 4 is 5.91 Å². The maximum absolute atomic E-state index is 12.4. The van der Waals surface area contributed by atoms with E-state index in [9.17, 15) is 18.7 Å². The SMILES string of the molecule is COc1ccc(CCNC(=O)c2ccc(C)cc2O)cc1OC(F)F. The monoisotopic (exact) mass is 351 g/mol. The zero-order valence-electron chi connectivity index (χ0n) is 13.9. The number of hydrogen-bond acceptors (Lipinski definition) is 4. The Morgan fingerprint density at radius 3 is 2.60 bits per heavy atom. The second-order valence-electron chi connectivity index (χ2n) is 5.39. The van der Waals surface area contributed by atoms with Gasteiger partial charge in [-0.3, -0.25) is 4.79 Å². The second-order valence-corrected chi connectivity index (χ2v) is 5.39. The van der Waals surface area contributed by atoms with Crippen LogP contribution in [-0.4, -0.2) is 31.3 Å². The number of benzene rings is 2. The summed E-state index contributed by atoms with van der Waals surface area (Å²) in [5.41, 5.74) is 1.73. The standard InChI is InChI=1S/C18H19F2NO4/c1-11-3-5-13(14(22)9-11)17(23)21-8-7-12-4-6-15(24-2)16(10-12)25-18(19)20/h3-6,9-10,18,22H,7-8H2,1-2H3,(H,21,23). The molecule has 1 amide bonds. The van der Waals surface area contributed by atoms with Gasteiger partial charge in [0.05, 0.1) is 12.7 Å². The number of aromatic hydroxyl groups is 1. The zero-order chi connectivity index (χ0) is 18.4. The predicted molar refractivity (Wildman–Crippen MR) is 88.5 cm³/mol. The van der Waals surface area contributed by atoms with Crippen molar-refractivity contribution in [3.05, 3.63) is 53.1 Å². The van der Waals surface area contributed by atoms with Crippen molar-refractivity contribution < 1.29 is 28.2 Å². The molecule has 0 aliphatic heterocycles. The van der Waals surface area contributed by atoms with Crippen LogP contribution in [0.4, 0.5) is 8.78 Å². The first-order chi connectivity index (χ1) is 11.9. The number of nitrogens with one attached hydrogen (secondary N) is 1. The molecule has 2 rings (SSSR count). The van der Waals surface area contributed by atoms with Gasteiger partial charge < -0.3 is 19.9 Å². The van der Waals surface area contributed by atoms with Crippen LogP contribution in [0.5, 0.6) is 17.2 Å². The first-order valence-corrected chi connectivity index (χ1v) is 7.60. The number of hydrogen-bond donors (Lipinski definition) is 2. The number of amides is 1. The summed E-state index contributed by atoms with van der Waals surface area (Å²) in [4.78, 5) is 12.1. The Bertz CT molecular complexity index is 750. The smallest absolute Gasteiger partial charge is 0.387 e. The van der Waals surface area contributed by atoms with E-state index in [-0.39, 0.29) is 29.4 Å². The van der Waals surface area contributed by atoms with E-state index in [1.807, 2.05) is 6.92 Å². The van der Waals surface area contributed by atoms with Crippen LogP contribution >= 0.6 is 0 Å². The highest BCUT2D eigenvalue weighted by molar-refractivity contribution is 5.96. The van der Waals surface area contributed by atoms with Crippen LogP contribution in [0.1, 0.15) is 21.5 Å². The predicted octanol–water partition coefficient (Wildman–Crippen LogP) is 3.28. The van der Waals surface area contributed by atoms with Crippen molar-refractivity contribution in [1.29, 1.82) is 0 Å². The van der Waals surface area contributed by atoms with Crippen LogP contribution in [0.3, 0.4) is 0 Å². The molecule has 0 heterocycles. The number of alkyl halides is 2. The molecular formula is C18H19F2NO4. The van der Waals surface area contributed by atoms with Crippen molar-refractivity contribution in [2.24, 2.45) is 0 Å². The number of phenols is 1. The number of aryl methyl sites for hydroxylation is 1. The van der Waals surface area contributed by atoms with Crippen molar-refractivity contribution in [3.63, 3.8) is 0 Å². The number of carbonyl (C=O) groups excluding carboxylic acids is 1. The molecule has 0 aliphatic carbocycles. The summed E-state index contributed by atoms with van der Waals surface area (Å²) < 4.78 is 34.2. The first-order valence-electron chi connectivity index (χ1n) is 7.60. The molecule has 134 valence electrons. The largest absolute Gasteiger partial charge is 0.507 e. The fraction of sp³-hybridized carbons (Fsp3) is 0.278. The van der Waals surface area contributed by atoms with E-state index in [2.05, 4.69) is 10.1 Å². The van der Waals surface area contributed by atoms with Crippen LogP contribution in [0.2, 0.25) is 0 Å². The molecule has 0 bridgehead atoms. The maximum Gasteiger partial charge on any atom is 0.387 e. The van der Waals surface area contributed by atoms with Crippen LogP contribution in [0, 0.1) is 6.92 Å².